The van der Waals surface area contributed by atoms with Crippen LogP contribution in [0.5, 0.6) is 0 Å². The molecule has 0 spiro atoms. The molecule has 0 atom stereocenters. The fourth-order valence-corrected chi connectivity index (χ4v) is 5.32. The molecule has 0 saturated carbocycles. The predicted molar refractivity (Wildman–Crippen MR) is 115 cm³/mol. The summed E-state index contributed by atoms with van der Waals surface area (Å²) >= 11 is 1.68. The molecule has 4 rings (SSSR count). The van der Waals surface area contributed by atoms with Crippen LogP contribution >= 0.6 is 11.3 Å². The Morgan fingerprint density at radius 2 is 2.00 bits per heavy atom. The molecule has 1 aliphatic rings. The Morgan fingerprint density at radius 1 is 1.21 bits per heavy atom. The number of hydrogen-bond acceptors (Lipinski definition) is 5. The van der Waals surface area contributed by atoms with Gasteiger partial charge in [-0.3, -0.25) is 9.36 Å². The number of aromatic nitrogens is 2. The van der Waals surface area contributed by atoms with Crippen molar-refractivity contribution in [2.75, 3.05) is 18.1 Å². The minimum absolute atomic E-state index is 0.0216. The molecule has 2 heterocycles. The molecule has 0 fully saturated rings. The number of aliphatic hydroxyl groups excluding tert-OH is 1. The van der Waals surface area contributed by atoms with Gasteiger partial charge in [-0.1, -0.05) is 37.3 Å². The molecule has 0 unspecified atom stereocenters. The summed E-state index contributed by atoms with van der Waals surface area (Å²) in [7, 11) is 0. The molecule has 0 saturated heterocycles. The number of aliphatic hydroxyl groups is 1. The molecule has 1 aromatic carbocycles. The van der Waals surface area contributed by atoms with Crippen LogP contribution in [0.1, 0.15) is 42.2 Å². The summed E-state index contributed by atoms with van der Waals surface area (Å²) in [4.78, 5) is 22.7. The van der Waals surface area contributed by atoms with Gasteiger partial charge in [0, 0.05) is 24.5 Å². The average molecular weight is 398 g/mol. The number of fused-ring (bicyclic) bond motifs is 3. The van der Waals surface area contributed by atoms with E-state index in [2.05, 4.69) is 19.1 Å². The summed E-state index contributed by atoms with van der Waals surface area (Å²) in [5.41, 5.74) is 2.45. The van der Waals surface area contributed by atoms with Gasteiger partial charge in [0.25, 0.3) is 5.56 Å². The predicted octanol–water partition coefficient (Wildman–Crippen LogP) is 3.75. The van der Waals surface area contributed by atoms with Gasteiger partial charge in [-0.25, -0.2) is 4.98 Å². The van der Waals surface area contributed by atoms with Crippen LogP contribution in [0.4, 0.5) is 5.95 Å². The first kappa shape index (κ1) is 19.2. The van der Waals surface area contributed by atoms with Crippen molar-refractivity contribution in [3.63, 3.8) is 0 Å². The van der Waals surface area contributed by atoms with E-state index in [9.17, 15) is 9.90 Å². The molecule has 1 N–H and O–H groups in total. The van der Waals surface area contributed by atoms with E-state index >= 15 is 0 Å². The largest absolute Gasteiger partial charge is 0.395 e. The number of rotatable bonds is 7. The van der Waals surface area contributed by atoms with Crippen molar-refractivity contribution in [1.82, 2.24) is 9.55 Å². The smallest absolute Gasteiger partial charge is 0.263 e. The summed E-state index contributed by atoms with van der Waals surface area (Å²) in [6.07, 6.45) is 5.26. The van der Waals surface area contributed by atoms with Crippen molar-refractivity contribution in [2.24, 2.45) is 0 Å². The maximum atomic E-state index is 13.5. The van der Waals surface area contributed by atoms with E-state index in [1.165, 1.54) is 16.9 Å². The number of anilines is 1. The third-order valence-electron chi connectivity index (χ3n) is 5.37. The first-order chi connectivity index (χ1) is 13.7. The van der Waals surface area contributed by atoms with Crippen LogP contribution in [0.3, 0.4) is 0 Å². The average Bonchev–Trinajstić information content (AvgIpc) is 3.09. The second-order valence-corrected chi connectivity index (χ2v) is 8.47. The van der Waals surface area contributed by atoms with Crippen LogP contribution in [0, 0.1) is 0 Å². The highest BCUT2D eigenvalue weighted by atomic mass is 32.1. The lowest BCUT2D eigenvalue weighted by Gasteiger charge is -2.26. The Labute approximate surface area is 169 Å². The molecular formula is C22H27N3O2S. The Hall–Kier alpha value is -2.18. The van der Waals surface area contributed by atoms with Crippen LogP contribution in [0.25, 0.3) is 10.2 Å². The molecule has 0 radical (unpaired) electrons. The van der Waals surface area contributed by atoms with E-state index < -0.39 is 0 Å². The van der Waals surface area contributed by atoms with Gasteiger partial charge in [0.1, 0.15) is 4.83 Å². The third-order valence-corrected chi connectivity index (χ3v) is 6.56. The zero-order valence-corrected chi connectivity index (χ0v) is 17.2. The SMILES string of the molecule is CCCn1c(N(CCO)Cc2ccccc2)nc2sc3c(c2c1=O)CCCC3. The summed E-state index contributed by atoms with van der Waals surface area (Å²) in [5.74, 6) is 0.677. The highest BCUT2D eigenvalue weighted by molar-refractivity contribution is 7.18. The van der Waals surface area contributed by atoms with Crippen molar-refractivity contribution in [3.05, 3.63) is 56.7 Å². The zero-order chi connectivity index (χ0) is 19.5. The maximum Gasteiger partial charge on any atom is 0.263 e. The Morgan fingerprint density at radius 3 is 2.75 bits per heavy atom. The molecule has 5 nitrogen and oxygen atoms in total. The molecule has 28 heavy (non-hydrogen) atoms. The van der Waals surface area contributed by atoms with Gasteiger partial charge < -0.3 is 10.0 Å². The van der Waals surface area contributed by atoms with E-state index in [0.717, 1.165) is 41.5 Å². The first-order valence-corrected chi connectivity index (χ1v) is 11.0. The minimum atomic E-state index is 0.0216. The fourth-order valence-electron chi connectivity index (χ4n) is 4.07. The van der Waals surface area contributed by atoms with Crippen molar-refractivity contribution >= 4 is 27.5 Å². The number of thiophene rings is 1. The van der Waals surface area contributed by atoms with E-state index in [1.807, 2.05) is 27.7 Å². The van der Waals surface area contributed by atoms with Crippen molar-refractivity contribution in [3.8, 4) is 0 Å². The van der Waals surface area contributed by atoms with Gasteiger partial charge in [-0.2, -0.15) is 0 Å². The van der Waals surface area contributed by atoms with Crippen LogP contribution in [-0.4, -0.2) is 27.8 Å². The highest BCUT2D eigenvalue weighted by Gasteiger charge is 2.23. The van der Waals surface area contributed by atoms with Gasteiger partial charge in [-0.05, 0) is 43.2 Å². The highest BCUT2D eigenvalue weighted by Crippen LogP contribution is 2.34. The molecule has 6 heteroatoms. The van der Waals surface area contributed by atoms with E-state index in [4.69, 9.17) is 4.98 Å². The Balaban J connectivity index is 1.85. The van der Waals surface area contributed by atoms with Gasteiger partial charge in [0.2, 0.25) is 5.95 Å². The Kier molecular flexibility index (Phi) is 5.78. The first-order valence-electron chi connectivity index (χ1n) is 10.2. The van der Waals surface area contributed by atoms with E-state index in [0.29, 0.717) is 25.6 Å². The van der Waals surface area contributed by atoms with Crippen LogP contribution in [-0.2, 0) is 25.9 Å². The molecule has 0 amide bonds. The van der Waals surface area contributed by atoms with Crippen LogP contribution < -0.4 is 10.5 Å². The lowest BCUT2D eigenvalue weighted by Crippen LogP contribution is -2.34. The standard InChI is InChI=1S/C22H27N3O2S/c1-2-12-25-21(27)19-17-10-6-7-11-18(17)28-20(19)23-22(25)24(13-14-26)15-16-8-4-3-5-9-16/h3-5,8-9,26H,2,6-7,10-15H2,1H3. The Bertz CT molecular complexity index is 1010. The fraction of sp³-hybridized carbons (Fsp3) is 0.455. The van der Waals surface area contributed by atoms with Crippen LogP contribution in [0.15, 0.2) is 35.1 Å². The third kappa shape index (κ3) is 3.59. The lowest BCUT2D eigenvalue weighted by molar-refractivity contribution is 0.300. The van der Waals surface area contributed by atoms with Gasteiger partial charge in [0.15, 0.2) is 0 Å². The van der Waals surface area contributed by atoms with Gasteiger partial charge in [0.05, 0.1) is 12.0 Å². The molecule has 1 aliphatic carbocycles. The van der Waals surface area contributed by atoms with Crippen molar-refractivity contribution in [2.45, 2.75) is 52.1 Å². The lowest BCUT2D eigenvalue weighted by atomic mass is 9.97. The molecule has 148 valence electrons. The summed E-state index contributed by atoms with van der Waals surface area (Å²) in [6, 6.07) is 10.1. The van der Waals surface area contributed by atoms with Gasteiger partial charge >= 0.3 is 0 Å². The van der Waals surface area contributed by atoms with Crippen molar-refractivity contribution < 1.29 is 5.11 Å². The number of aryl methyl sites for hydroxylation is 2. The second kappa shape index (κ2) is 8.45. The monoisotopic (exact) mass is 397 g/mol. The molecular weight excluding hydrogens is 370 g/mol. The molecule has 0 aliphatic heterocycles. The normalized spacial score (nSPS) is 13.6. The van der Waals surface area contributed by atoms with Crippen molar-refractivity contribution in [1.29, 1.82) is 0 Å². The minimum Gasteiger partial charge on any atom is -0.395 e. The molecule has 3 aromatic rings. The maximum absolute atomic E-state index is 13.5. The van der Waals surface area contributed by atoms with Gasteiger partial charge in [-0.15, -0.1) is 11.3 Å². The number of hydrogen-bond donors (Lipinski definition) is 1. The van der Waals surface area contributed by atoms with E-state index in [-0.39, 0.29) is 12.2 Å². The quantitative estimate of drug-likeness (QED) is 0.660. The van der Waals surface area contributed by atoms with E-state index in [1.54, 1.807) is 11.3 Å². The summed E-state index contributed by atoms with van der Waals surface area (Å²) in [5, 5.41) is 10.5. The molecule has 0 bridgehead atoms. The number of nitrogens with zero attached hydrogens (tertiary/aromatic N) is 3. The zero-order valence-electron chi connectivity index (χ0n) is 16.4. The number of benzene rings is 1. The topological polar surface area (TPSA) is 58.4 Å². The summed E-state index contributed by atoms with van der Waals surface area (Å²) in [6.45, 7) is 3.80. The molecule has 2 aromatic heterocycles. The van der Waals surface area contributed by atoms with Crippen LogP contribution in [0.2, 0.25) is 0 Å². The summed E-state index contributed by atoms with van der Waals surface area (Å²) < 4.78 is 1.82. The second-order valence-electron chi connectivity index (χ2n) is 7.39.